The van der Waals surface area contributed by atoms with Crippen molar-refractivity contribution >= 4 is 17.9 Å². The number of carbonyl (C=O) groups is 3. The van der Waals surface area contributed by atoms with Crippen molar-refractivity contribution in [2.75, 3.05) is 13.2 Å². The predicted molar refractivity (Wildman–Crippen MR) is 325 cm³/mol. The van der Waals surface area contributed by atoms with Crippen molar-refractivity contribution < 1.29 is 28.6 Å². The molecule has 6 heteroatoms. The molecule has 426 valence electrons. The summed E-state index contributed by atoms with van der Waals surface area (Å²) in [4.78, 5) is 38.1. The summed E-state index contributed by atoms with van der Waals surface area (Å²) in [6.45, 7) is 6.34. The first-order valence-electron chi connectivity index (χ1n) is 31.0. The molecule has 0 amide bonds. The molecular formula is C69H114O6. The van der Waals surface area contributed by atoms with E-state index in [1.807, 2.05) is 0 Å². The van der Waals surface area contributed by atoms with E-state index in [-0.39, 0.29) is 37.5 Å². The van der Waals surface area contributed by atoms with E-state index >= 15 is 0 Å². The molecule has 0 aliphatic carbocycles. The van der Waals surface area contributed by atoms with Crippen LogP contribution in [-0.4, -0.2) is 37.2 Å². The fourth-order valence-electron chi connectivity index (χ4n) is 8.32. The number of unbranched alkanes of at least 4 members (excludes halogenated alkanes) is 24. The number of carbonyl (C=O) groups excluding carboxylic acids is 3. The van der Waals surface area contributed by atoms with Crippen molar-refractivity contribution in [3.63, 3.8) is 0 Å². The van der Waals surface area contributed by atoms with Crippen molar-refractivity contribution in [1.82, 2.24) is 0 Å². The molecule has 0 saturated heterocycles. The van der Waals surface area contributed by atoms with E-state index in [0.29, 0.717) is 12.8 Å². The average molecular weight is 1040 g/mol. The van der Waals surface area contributed by atoms with Crippen LogP contribution in [-0.2, 0) is 28.6 Å². The standard InChI is InChI=1S/C69H114O6/c1-4-7-10-13-16-19-22-24-25-26-27-28-29-30-31-32-33-34-35-36-37-38-39-40-41-42-43-45-47-50-53-56-59-62-68(71)74-65-66(64-73-67(70)61-58-55-52-49-46-21-18-15-12-9-6-3)75-69(72)63-60-57-54-51-48-44-23-20-17-14-11-8-5-2/h7-8,10-11,15-20,24-25,27-28,30-31,33-34,44,48,66H,4-6,9,12-14,21-23,26,29,32,35-43,45-47,49-65H2,1-3H3/b10-7-,11-8-,18-15-,19-16-,20-17-,25-24-,28-27-,31-30-,34-33-,48-44-. The molecule has 0 aliphatic rings. The van der Waals surface area contributed by atoms with Crippen LogP contribution in [0.2, 0.25) is 0 Å². The van der Waals surface area contributed by atoms with E-state index in [4.69, 9.17) is 14.2 Å². The highest BCUT2D eigenvalue weighted by Gasteiger charge is 2.19. The van der Waals surface area contributed by atoms with Crippen LogP contribution >= 0.6 is 0 Å². The summed E-state index contributed by atoms with van der Waals surface area (Å²) in [5.74, 6) is -0.933. The monoisotopic (exact) mass is 1040 g/mol. The summed E-state index contributed by atoms with van der Waals surface area (Å²) in [6, 6.07) is 0. The molecule has 0 spiro atoms. The van der Waals surface area contributed by atoms with Crippen LogP contribution in [0.5, 0.6) is 0 Å². The summed E-state index contributed by atoms with van der Waals surface area (Å²) in [7, 11) is 0. The van der Waals surface area contributed by atoms with Gasteiger partial charge in [-0.1, -0.05) is 258 Å². The van der Waals surface area contributed by atoms with Crippen LogP contribution in [0.25, 0.3) is 0 Å². The van der Waals surface area contributed by atoms with Gasteiger partial charge in [0.25, 0.3) is 0 Å². The minimum atomic E-state index is -0.797. The molecule has 0 aromatic rings. The first-order chi connectivity index (χ1) is 37.0. The van der Waals surface area contributed by atoms with Gasteiger partial charge in [-0.3, -0.25) is 14.4 Å². The molecule has 75 heavy (non-hydrogen) atoms. The molecule has 6 nitrogen and oxygen atoms in total. The maximum Gasteiger partial charge on any atom is 0.306 e. The van der Waals surface area contributed by atoms with Crippen LogP contribution in [0.3, 0.4) is 0 Å². The highest BCUT2D eigenvalue weighted by Crippen LogP contribution is 2.16. The van der Waals surface area contributed by atoms with Crippen LogP contribution in [0.1, 0.15) is 278 Å². The van der Waals surface area contributed by atoms with Crippen molar-refractivity contribution in [3.05, 3.63) is 122 Å². The number of rotatable bonds is 55. The molecule has 0 bridgehead atoms. The fraction of sp³-hybridized carbons (Fsp3) is 0.667. The lowest BCUT2D eigenvalue weighted by atomic mass is 10.0. The van der Waals surface area contributed by atoms with Gasteiger partial charge >= 0.3 is 17.9 Å². The molecule has 0 aromatic carbocycles. The smallest absolute Gasteiger partial charge is 0.306 e. The molecule has 0 aliphatic heterocycles. The minimum Gasteiger partial charge on any atom is -0.462 e. The van der Waals surface area contributed by atoms with Crippen LogP contribution in [0, 0.1) is 0 Å². The van der Waals surface area contributed by atoms with Gasteiger partial charge in [0.15, 0.2) is 6.10 Å². The predicted octanol–water partition coefficient (Wildman–Crippen LogP) is 21.2. The van der Waals surface area contributed by atoms with Gasteiger partial charge < -0.3 is 14.2 Å². The Morgan fingerprint density at radius 3 is 0.840 bits per heavy atom. The molecule has 0 aromatic heterocycles. The number of allylic oxidation sites excluding steroid dienone is 20. The SMILES string of the molecule is CC/C=C\C/C=C\C/C=C\C/C=C\C/C=C\C/C=C\CCCCCCCCCCCCCCCCC(=O)OCC(COC(=O)CCCCCCC/C=C\CCCC)OC(=O)CCCCC/C=C\C/C=C\C/C=C\CC. The van der Waals surface area contributed by atoms with Crippen LogP contribution in [0.4, 0.5) is 0 Å². The van der Waals surface area contributed by atoms with Crippen molar-refractivity contribution in [2.24, 2.45) is 0 Å². The number of ether oxygens (including phenoxy) is 3. The van der Waals surface area contributed by atoms with Gasteiger partial charge in [-0.15, -0.1) is 0 Å². The molecule has 1 atom stereocenters. The topological polar surface area (TPSA) is 78.9 Å². The van der Waals surface area contributed by atoms with E-state index in [9.17, 15) is 14.4 Å². The number of esters is 3. The maximum absolute atomic E-state index is 12.8. The summed E-state index contributed by atoms with van der Waals surface area (Å²) < 4.78 is 16.8. The Balaban J connectivity index is 4.15. The molecular weight excluding hydrogens is 925 g/mol. The maximum atomic E-state index is 12.8. The second-order valence-electron chi connectivity index (χ2n) is 20.2. The van der Waals surface area contributed by atoms with E-state index in [1.54, 1.807) is 0 Å². The Hall–Kier alpha value is -4.19. The summed E-state index contributed by atoms with van der Waals surface area (Å²) in [6.07, 6.45) is 86.5. The van der Waals surface area contributed by atoms with Gasteiger partial charge in [-0.25, -0.2) is 0 Å². The molecule has 0 saturated carbocycles. The first kappa shape index (κ1) is 70.8. The molecule has 0 heterocycles. The zero-order valence-electron chi connectivity index (χ0n) is 48.8. The summed E-state index contributed by atoms with van der Waals surface area (Å²) >= 11 is 0. The fourth-order valence-corrected chi connectivity index (χ4v) is 8.32. The van der Waals surface area contributed by atoms with Gasteiger partial charge in [0.05, 0.1) is 0 Å². The Morgan fingerprint density at radius 1 is 0.280 bits per heavy atom. The van der Waals surface area contributed by atoms with Crippen molar-refractivity contribution in [3.8, 4) is 0 Å². The van der Waals surface area contributed by atoms with Gasteiger partial charge in [-0.05, 0) is 122 Å². The van der Waals surface area contributed by atoms with Gasteiger partial charge in [0, 0.05) is 19.3 Å². The Morgan fingerprint density at radius 2 is 0.520 bits per heavy atom. The van der Waals surface area contributed by atoms with Gasteiger partial charge in [0.2, 0.25) is 0 Å². The van der Waals surface area contributed by atoms with Gasteiger partial charge in [0.1, 0.15) is 13.2 Å². The zero-order chi connectivity index (χ0) is 54.3. The minimum absolute atomic E-state index is 0.0933. The Labute approximate surface area is 462 Å². The van der Waals surface area contributed by atoms with E-state index < -0.39 is 6.10 Å². The van der Waals surface area contributed by atoms with E-state index in [2.05, 4.69) is 142 Å². The third-order valence-electron chi connectivity index (χ3n) is 12.9. The summed E-state index contributed by atoms with van der Waals surface area (Å²) in [5, 5.41) is 0. The van der Waals surface area contributed by atoms with E-state index in [1.165, 1.54) is 103 Å². The lowest BCUT2D eigenvalue weighted by Crippen LogP contribution is -2.30. The lowest BCUT2D eigenvalue weighted by molar-refractivity contribution is -0.167. The van der Waals surface area contributed by atoms with Crippen LogP contribution in [0.15, 0.2) is 122 Å². The highest BCUT2D eigenvalue weighted by molar-refractivity contribution is 5.71. The molecule has 0 fully saturated rings. The first-order valence-corrected chi connectivity index (χ1v) is 31.0. The zero-order valence-corrected chi connectivity index (χ0v) is 48.8. The molecule has 0 rings (SSSR count). The average Bonchev–Trinajstić information content (AvgIpc) is 3.41. The molecule has 0 N–H and O–H groups in total. The second-order valence-corrected chi connectivity index (χ2v) is 20.2. The third kappa shape index (κ3) is 60.6. The van der Waals surface area contributed by atoms with Crippen LogP contribution < -0.4 is 0 Å². The third-order valence-corrected chi connectivity index (χ3v) is 12.9. The lowest BCUT2D eigenvalue weighted by Gasteiger charge is -2.18. The van der Waals surface area contributed by atoms with Gasteiger partial charge in [-0.2, -0.15) is 0 Å². The molecule has 1 unspecified atom stereocenters. The van der Waals surface area contributed by atoms with Crippen molar-refractivity contribution in [2.45, 2.75) is 284 Å². The normalized spacial score (nSPS) is 12.9. The Kier molecular flexibility index (Phi) is 58.9. The van der Waals surface area contributed by atoms with E-state index in [0.717, 1.165) is 135 Å². The highest BCUT2D eigenvalue weighted by atomic mass is 16.6. The van der Waals surface area contributed by atoms with Crippen molar-refractivity contribution in [1.29, 1.82) is 0 Å². The molecule has 0 radical (unpaired) electrons. The summed E-state index contributed by atoms with van der Waals surface area (Å²) in [5.41, 5.74) is 0. The largest absolute Gasteiger partial charge is 0.462 e. The Bertz CT molecular complexity index is 1570. The number of hydrogen-bond acceptors (Lipinski definition) is 6. The quantitative estimate of drug-likeness (QED) is 0.0261. The number of hydrogen-bond donors (Lipinski definition) is 0. The second kappa shape index (κ2) is 62.4.